The zero-order chi connectivity index (χ0) is 22.9. The topological polar surface area (TPSA) is 142 Å². The molecular weight excluding hydrogens is 425 g/mol. The third kappa shape index (κ3) is 5.40. The highest BCUT2D eigenvalue weighted by Crippen LogP contribution is 2.45. The van der Waals surface area contributed by atoms with Crippen molar-refractivity contribution in [2.24, 2.45) is 11.8 Å². The van der Waals surface area contributed by atoms with Crippen LogP contribution < -0.4 is 10.9 Å². The van der Waals surface area contributed by atoms with Crippen molar-refractivity contribution >= 4 is 17.8 Å². The van der Waals surface area contributed by atoms with Gasteiger partial charge >= 0.3 is 12.1 Å². The Balaban J connectivity index is 0.000000339. The fraction of sp³-hybridized carbons (Fsp3) is 0.611. The fourth-order valence-corrected chi connectivity index (χ4v) is 3.80. The van der Waals surface area contributed by atoms with E-state index in [4.69, 9.17) is 14.6 Å². The highest BCUT2D eigenvalue weighted by atomic mass is 19.4. The summed E-state index contributed by atoms with van der Waals surface area (Å²) in [5.41, 5.74) is -0.144. The molecule has 2 saturated heterocycles. The summed E-state index contributed by atoms with van der Waals surface area (Å²) < 4.78 is 37.1. The molecule has 31 heavy (non-hydrogen) atoms. The summed E-state index contributed by atoms with van der Waals surface area (Å²) in [6, 6.07) is 1.37. The van der Waals surface area contributed by atoms with Gasteiger partial charge in [-0.3, -0.25) is 14.4 Å². The van der Waals surface area contributed by atoms with Crippen LogP contribution in [0.1, 0.15) is 29.2 Å². The third-order valence-corrected chi connectivity index (χ3v) is 5.33. The van der Waals surface area contributed by atoms with Crippen LogP contribution in [0.25, 0.3) is 0 Å². The van der Waals surface area contributed by atoms with E-state index in [2.05, 4.69) is 15.3 Å². The number of likely N-dealkylation sites (tertiary alicyclic amines) is 1. The Morgan fingerprint density at radius 3 is 2.39 bits per heavy atom. The van der Waals surface area contributed by atoms with Gasteiger partial charge in [-0.25, -0.2) is 9.78 Å². The predicted octanol–water partition coefficient (Wildman–Crippen LogP) is 0.0772. The maximum absolute atomic E-state index is 12.5. The molecule has 10 nitrogen and oxygen atoms in total. The van der Waals surface area contributed by atoms with Gasteiger partial charge in [0, 0.05) is 43.6 Å². The Morgan fingerprint density at radius 2 is 1.90 bits per heavy atom. The standard InChI is InChI=1S/C16H20N4O4.C2HF3O2/c1-8-17-11(5-13(21)18-8)16(23)20-6-9-10(7-20)14(9)19-15(22)12-3-2-4-24-12;3-2(4,5)1(6)7/h5,9-10,12,14H,2-4,6-7H2,1H3,(H,19,22)(H,17,18,21);(H,6,7)/t9-,10+,12?,14?;. The van der Waals surface area contributed by atoms with Gasteiger partial charge in [0.15, 0.2) is 0 Å². The number of ether oxygens (including phenoxy) is 1. The summed E-state index contributed by atoms with van der Waals surface area (Å²) in [6.07, 6.45) is -3.68. The number of hydrogen-bond acceptors (Lipinski definition) is 6. The van der Waals surface area contributed by atoms with Crippen molar-refractivity contribution in [1.82, 2.24) is 20.2 Å². The number of carboxylic acids is 1. The van der Waals surface area contributed by atoms with Crippen molar-refractivity contribution in [2.45, 2.75) is 38.1 Å². The van der Waals surface area contributed by atoms with Crippen LogP contribution >= 0.6 is 0 Å². The number of rotatable bonds is 3. The van der Waals surface area contributed by atoms with E-state index in [1.165, 1.54) is 6.07 Å². The van der Waals surface area contributed by atoms with Crippen LogP contribution in [0, 0.1) is 18.8 Å². The number of carbonyl (C=O) groups is 3. The van der Waals surface area contributed by atoms with E-state index in [1.54, 1.807) is 11.8 Å². The van der Waals surface area contributed by atoms with Crippen LogP contribution in [0.3, 0.4) is 0 Å². The Bertz CT molecular complexity index is 916. The molecule has 1 aliphatic carbocycles. The highest BCUT2D eigenvalue weighted by Gasteiger charge is 2.57. The molecule has 1 aromatic rings. The second-order valence-corrected chi connectivity index (χ2v) is 7.59. The van der Waals surface area contributed by atoms with Crippen molar-refractivity contribution in [3.8, 4) is 0 Å². The molecule has 2 amide bonds. The first kappa shape index (κ1) is 22.7. The SMILES string of the molecule is Cc1nc(C(=O)N2C[C@@H]3C(NC(=O)C4CCCO4)[C@@H]3C2)cc(=O)[nH]1.O=C(O)C(F)(F)F. The third-order valence-electron chi connectivity index (χ3n) is 5.33. The van der Waals surface area contributed by atoms with Crippen molar-refractivity contribution < 1.29 is 37.4 Å². The first-order valence-corrected chi connectivity index (χ1v) is 9.56. The molecule has 2 unspecified atom stereocenters. The van der Waals surface area contributed by atoms with Gasteiger partial charge in [-0.15, -0.1) is 0 Å². The Kier molecular flexibility index (Phi) is 6.34. The van der Waals surface area contributed by atoms with Gasteiger partial charge in [-0.05, 0) is 19.8 Å². The molecule has 4 rings (SSSR count). The Morgan fingerprint density at radius 1 is 1.29 bits per heavy atom. The number of nitrogens with zero attached hydrogens (tertiary/aromatic N) is 2. The second kappa shape index (κ2) is 8.65. The Labute approximate surface area is 173 Å². The minimum Gasteiger partial charge on any atom is -0.475 e. The molecule has 1 saturated carbocycles. The average molecular weight is 446 g/mol. The normalized spacial score (nSPS) is 26.5. The molecule has 0 spiro atoms. The summed E-state index contributed by atoms with van der Waals surface area (Å²) >= 11 is 0. The number of aliphatic carboxylic acids is 1. The number of piperidine rings is 1. The average Bonchev–Trinajstić information content (AvgIpc) is 3.12. The molecule has 3 aliphatic rings. The molecule has 2 aliphatic heterocycles. The van der Waals surface area contributed by atoms with Gasteiger partial charge in [0.2, 0.25) is 5.91 Å². The summed E-state index contributed by atoms with van der Waals surface area (Å²) in [5, 5.41) is 10.2. The largest absolute Gasteiger partial charge is 0.490 e. The quantitative estimate of drug-likeness (QED) is 0.597. The molecule has 3 fully saturated rings. The maximum atomic E-state index is 12.5. The second-order valence-electron chi connectivity index (χ2n) is 7.59. The molecule has 1 aromatic heterocycles. The molecule has 4 atom stereocenters. The van der Waals surface area contributed by atoms with E-state index < -0.39 is 12.1 Å². The van der Waals surface area contributed by atoms with Gasteiger partial charge in [0.05, 0.1) is 0 Å². The lowest BCUT2D eigenvalue weighted by molar-refractivity contribution is -0.192. The van der Waals surface area contributed by atoms with Crippen molar-refractivity contribution in [1.29, 1.82) is 0 Å². The van der Waals surface area contributed by atoms with Crippen LogP contribution in [0.15, 0.2) is 10.9 Å². The molecule has 0 bridgehead atoms. The summed E-state index contributed by atoms with van der Waals surface area (Å²) in [6.45, 7) is 3.48. The number of H-pyrrole nitrogens is 1. The lowest BCUT2D eigenvalue weighted by atomic mass is 10.2. The maximum Gasteiger partial charge on any atom is 0.490 e. The summed E-state index contributed by atoms with van der Waals surface area (Å²) in [7, 11) is 0. The van der Waals surface area contributed by atoms with Crippen LogP contribution in [0.2, 0.25) is 0 Å². The van der Waals surface area contributed by atoms with Gasteiger partial charge in [0.1, 0.15) is 17.6 Å². The first-order valence-electron chi connectivity index (χ1n) is 9.56. The molecule has 170 valence electrons. The van der Waals surface area contributed by atoms with Crippen LogP contribution in [0.4, 0.5) is 13.2 Å². The molecule has 13 heteroatoms. The first-order chi connectivity index (χ1) is 14.5. The number of carbonyl (C=O) groups excluding carboxylic acids is 2. The van der Waals surface area contributed by atoms with Crippen LogP contribution in [-0.4, -0.2) is 75.8 Å². The highest BCUT2D eigenvalue weighted by molar-refractivity contribution is 5.92. The lowest BCUT2D eigenvalue weighted by Gasteiger charge is -2.20. The number of hydrogen-bond donors (Lipinski definition) is 3. The van der Waals surface area contributed by atoms with Gasteiger partial charge < -0.3 is 25.0 Å². The number of fused-ring (bicyclic) bond motifs is 1. The fourth-order valence-electron chi connectivity index (χ4n) is 3.80. The number of carboxylic acid groups (broad SMARTS) is 1. The number of halogens is 3. The summed E-state index contributed by atoms with van der Waals surface area (Å²) in [5.74, 6) is -1.99. The van der Waals surface area contributed by atoms with Crippen molar-refractivity contribution in [3.63, 3.8) is 0 Å². The number of aryl methyl sites for hydroxylation is 1. The Hall–Kier alpha value is -2.96. The van der Waals surface area contributed by atoms with E-state index >= 15 is 0 Å². The van der Waals surface area contributed by atoms with E-state index in [-0.39, 0.29) is 35.2 Å². The smallest absolute Gasteiger partial charge is 0.475 e. The van der Waals surface area contributed by atoms with E-state index in [0.717, 1.165) is 12.8 Å². The number of amides is 2. The zero-order valence-corrected chi connectivity index (χ0v) is 16.4. The minimum atomic E-state index is -5.08. The number of aromatic nitrogens is 2. The lowest BCUT2D eigenvalue weighted by Crippen LogP contribution is -2.41. The number of alkyl halides is 3. The molecule has 0 aromatic carbocycles. The van der Waals surface area contributed by atoms with Crippen molar-refractivity contribution in [3.05, 3.63) is 27.9 Å². The molecular formula is C18H21F3N4O6. The number of nitrogens with one attached hydrogen (secondary N) is 2. The van der Waals surface area contributed by atoms with Gasteiger partial charge in [-0.2, -0.15) is 13.2 Å². The predicted molar refractivity (Wildman–Crippen MR) is 97.1 cm³/mol. The summed E-state index contributed by atoms with van der Waals surface area (Å²) in [4.78, 5) is 53.3. The van der Waals surface area contributed by atoms with Crippen LogP contribution in [0.5, 0.6) is 0 Å². The van der Waals surface area contributed by atoms with Crippen LogP contribution in [-0.2, 0) is 14.3 Å². The van der Waals surface area contributed by atoms with Crippen molar-refractivity contribution in [2.75, 3.05) is 19.7 Å². The number of aromatic amines is 1. The zero-order valence-electron chi connectivity index (χ0n) is 16.4. The molecule has 3 heterocycles. The van der Waals surface area contributed by atoms with Gasteiger partial charge in [0.25, 0.3) is 11.5 Å². The van der Waals surface area contributed by atoms with E-state index in [0.29, 0.717) is 37.4 Å². The molecule has 0 radical (unpaired) electrons. The van der Waals surface area contributed by atoms with E-state index in [1.807, 2.05) is 0 Å². The van der Waals surface area contributed by atoms with E-state index in [9.17, 15) is 27.6 Å². The molecule has 3 N–H and O–H groups in total. The minimum absolute atomic E-state index is 0.0309. The monoisotopic (exact) mass is 446 g/mol. The van der Waals surface area contributed by atoms with Gasteiger partial charge in [-0.1, -0.05) is 0 Å².